The minimum absolute atomic E-state index is 0.0187. The maximum absolute atomic E-state index is 14.3. The van der Waals surface area contributed by atoms with Gasteiger partial charge in [-0.1, -0.05) is 49.6 Å². The van der Waals surface area contributed by atoms with E-state index in [9.17, 15) is 14.0 Å². The second kappa shape index (κ2) is 12.0. The van der Waals surface area contributed by atoms with E-state index in [0.29, 0.717) is 12.2 Å². The molecular weight excluding hydrogens is 463 g/mol. The molecule has 8 heteroatoms. The van der Waals surface area contributed by atoms with Crippen LogP contribution in [0.25, 0.3) is 0 Å². The summed E-state index contributed by atoms with van der Waals surface area (Å²) in [6, 6.07) is 12.6. The van der Waals surface area contributed by atoms with Gasteiger partial charge in [-0.25, -0.2) is 9.37 Å². The topological polar surface area (TPSA) is 74.3 Å². The zero-order valence-corrected chi connectivity index (χ0v) is 20.7. The molecule has 2 amide bonds. The van der Waals surface area contributed by atoms with Crippen LogP contribution >= 0.6 is 11.3 Å². The zero-order valence-electron chi connectivity index (χ0n) is 19.9. The lowest BCUT2D eigenvalue weighted by Crippen LogP contribution is -2.49. The Kier molecular flexibility index (Phi) is 8.60. The van der Waals surface area contributed by atoms with Crippen molar-refractivity contribution in [3.8, 4) is 0 Å². The highest BCUT2D eigenvalue weighted by Crippen LogP contribution is 2.31. The van der Waals surface area contributed by atoms with Crippen molar-refractivity contribution in [2.24, 2.45) is 0 Å². The molecule has 1 aromatic heterocycles. The number of carbonyl (C=O) groups is 2. The molecule has 35 heavy (non-hydrogen) atoms. The van der Waals surface area contributed by atoms with Gasteiger partial charge in [0.1, 0.15) is 16.9 Å². The number of nitrogens with zero attached hydrogens (tertiary/aromatic N) is 2. The molecule has 184 valence electrons. The number of anilines is 1. The minimum Gasteiger partial charge on any atom is -0.351 e. The molecule has 4 rings (SSSR count). The summed E-state index contributed by atoms with van der Waals surface area (Å²) in [4.78, 5) is 33.1. The van der Waals surface area contributed by atoms with Crippen LogP contribution in [0.3, 0.4) is 0 Å². The Hall–Kier alpha value is -3.10. The Labute approximate surface area is 209 Å². The summed E-state index contributed by atoms with van der Waals surface area (Å²) in [6.07, 6.45) is 6.89. The van der Waals surface area contributed by atoms with Crippen molar-refractivity contribution in [2.75, 3.05) is 11.4 Å². The van der Waals surface area contributed by atoms with Crippen molar-refractivity contribution < 1.29 is 14.0 Å². The van der Waals surface area contributed by atoms with Crippen LogP contribution in [0.15, 0.2) is 60.1 Å². The summed E-state index contributed by atoms with van der Waals surface area (Å²) in [5, 5.41) is 9.05. The van der Waals surface area contributed by atoms with E-state index in [2.05, 4.69) is 15.6 Å². The fourth-order valence-corrected chi connectivity index (χ4v) is 5.17. The van der Waals surface area contributed by atoms with Gasteiger partial charge in [-0.3, -0.25) is 14.5 Å². The van der Waals surface area contributed by atoms with Crippen molar-refractivity contribution >= 4 is 28.8 Å². The minimum atomic E-state index is -0.922. The van der Waals surface area contributed by atoms with Crippen molar-refractivity contribution in [1.29, 1.82) is 0 Å². The molecule has 2 aromatic carbocycles. The van der Waals surface area contributed by atoms with Crippen LogP contribution in [0.4, 0.5) is 10.1 Å². The standard InChI is InChI=1S/C27H31FN4O2S/c1-19-8-5-6-13-23(19)26(27(34)31-21-10-3-2-4-11-21)32(22-12-7-9-20(28)16-22)25(33)18-29-17-24-30-14-15-35-24/h5-9,12-16,21,26,29H,2-4,10-11,17-18H2,1H3,(H,31,34). The summed E-state index contributed by atoms with van der Waals surface area (Å²) in [5.74, 6) is -1.03. The zero-order chi connectivity index (χ0) is 24.6. The predicted molar refractivity (Wildman–Crippen MR) is 137 cm³/mol. The van der Waals surface area contributed by atoms with Crippen molar-refractivity contribution in [1.82, 2.24) is 15.6 Å². The molecule has 1 aliphatic rings. The number of rotatable bonds is 9. The van der Waals surface area contributed by atoms with Gasteiger partial charge in [0.15, 0.2) is 0 Å². The van der Waals surface area contributed by atoms with Crippen LogP contribution < -0.4 is 15.5 Å². The third kappa shape index (κ3) is 6.52. The number of halogens is 1. The lowest BCUT2D eigenvalue weighted by molar-refractivity contribution is -0.127. The lowest BCUT2D eigenvalue weighted by atomic mass is 9.93. The van der Waals surface area contributed by atoms with E-state index in [1.807, 2.05) is 36.6 Å². The molecule has 0 radical (unpaired) electrons. The van der Waals surface area contributed by atoms with E-state index in [1.165, 1.54) is 34.8 Å². The quantitative estimate of drug-likeness (QED) is 0.444. The Morgan fingerprint density at radius 1 is 1.14 bits per heavy atom. The van der Waals surface area contributed by atoms with Crippen molar-refractivity contribution in [2.45, 2.75) is 57.7 Å². The monoisotopic (exact) mass is 494 g/mol. The molecule has 0 bridgehead atoms. The average molecular weight is 495 g/mol. The number of aryl methyl sites for hydroxylation is 1. The maximum atomic E-state index is 14.3. The molecule has 0 aliphatic heterocycles. The van der Waals surface area contributed by atoms with Gasteiger partial charge in [-0.15, -0.1) is 11.3 Å². The second-order valence-corrected chi connectivity index (χ2v) is 9.85. The fourth-order valence-electron chi connectivity index (χ4n) is 4.58. The van der Waals surface area contributed by atoms with Crippen LogP contribution in [-0.2, 0) is 16.1 Å². The number of aromatic nitrogens is 1. The summed E-state index contributed by atoms with van der Waals surface area (Å²) in [5.41, 5.74) is 1.96. The predicted octanol–water partition coefficient (Wildman–Crippen LogP) is 4.90. The van der Waals surface area contributed by atoms with Crippen molar-refractivity contribution in [3.63, 3.8) is 0 Å². The highest BCUT2D eigenvalue weighted by Gasteiger charge is 2.34. The van der Waals surface area contributed by atoms with Gasteiger partial charge in [0.05, 0.1) is 6.54 Å². The normalized spacial score (nSPS) is 14.9. The Morgan fingerprint density at radius 2 is 1.94 bits per heavy atom. The molecule has 1 aliphatic carbocycles. The number of carbonyl (C=O) groups excluding carboxylic acids is 2. The molecule has 3 aromatic rings. The first-order chi connectivity index (χ1) is 17.0. The number of hydrogen-bond donors (Lipinski definition) is 2. The SMILES string of the molecule is Cc1ccccc1C(C(=O)NC1CCCCC1)N(C(=O)CNCc1nccs1)c1cccc(F)c1. The molecule has 1 heterocycles. The second-order valence-electron chi connectivity index (χ2n) is 8.88. The molecule has 1 atom stereocenters. The number of thiazole rings is 1. The van der Waals surface area contributed by atoms with Gasteiger partial charge >= 0.3 is 0 Å². The third-order valence-corrected chi connectivity index (χ3v) is 7.11. The van der Waals surface area contributed by atoms with Crippen molar-refractivity contribution in [3.05, 3.63) is 82.1 Å². The van der Waals surface area contributed by atoms with Gasteiger partial charge in [0.2, 0.25) is 11.8 Å². The Morgan fingerprint density at radius 3 is 2.66 bits per heavy atom. The van der Waals surface area contributed by atoms with Crippen LogP contribution in [0, 0.1) is 12.7 Å². The Bertz CT molecular complexity index is 1130. The summed E-state index contributed by atoms with van der Waals surface area (Å²) in [6.45, 7) is 2.34. The third-order valence-electron chi connectivity index (χ3n) is 6.33. The van der Waals surface area contributed by atoms with Crippen LogP contribution in [0.5, 0.6) is 0 Å². The molecule has 0 saturated heterocycles. The van der Waals surface area contributed by atoms with E-state index in [-0.39, 0.29) is 24.4 Å². The molecule has 1 unspecified atom stereocenters. The van der Waals surface area contributed by atoms with Gasteiger partial charge in [0.25, 0.3) is 0 Å². The van der Waals surface area contributed by atoms with E-state index < -0.39 is 11.9 Å². The highest BCUT2D eigenvalue weighted by molar-refractivity contribution is 7.09. The molecule has 2 N–H and O–H groups in total. The van der Waals surface area contributed by atoms with Crippen LogP contribution in [-0.4, -0.2) is 29.4 Å². The first-order valence-corrected chi connectivity index (χ1v) is 12.9. The average Bonchev–Trinajstić information content (AvgIpc) is 3.37. The highest BCUT2D eigenvalue weighted by atomic mass is 32.1. The summed E-state index contributed by atoms with van der Waals surface area (Å²) >= 11 is 1.50. The lowest BCUT2D eigenvalue weighted by Gasteiger charge is -2.34. The number of benzene rings is 2. The van der Waals surface area contributed by atoms with Gasteiger partial charge in [0, 0.05) is 29.9 Å². The molecule has 0 spiro atoms. The summed E-state index contributed by atoms with van der Waals surface area (Å²) in [7, 11) is 0. The number of amides is 2. The maximum Gasteiger partial charge on any atom is 0.248 e. The van der Waals surface area contributed by atoms with Gasteiger partial charge in [-0.2, -0.15) is 0 Å². The fraction of sp³-hybridized carbons (Fsp3) is 0.370. The number of nitrogens with one attached hydrogen (secondary N) is 2. The van der Waals surface area contributed by atoms with E-state index in [1.54, 1.807) is 18.3 Å². The smallest absolute Gasteiger partial charge is 0.248 e. The first-order valence-electron chi connectivity index (χ1n) is 12.1. The summed E-state index contributed by atoms with van der Waals surface area (Å²) < 4.78 is 14.3. The number of hydrogen-bond acceptors (Lipinski definition) is 5. The molecule has 1 fully saturated rings. The largest absolute Gasteiger partial charge is 0.351 e. The molecule has 1 saturated carbocycles. The van der Waals surface area contributed by atoms with E-state index >= 15 is 0 Å². The van der Waals surface area contributed by atoms with E-state index in [4.69, 9.17) is 0 Å². The van der Waals surface area contributed by atoms with Crippen LogP contribution in [0.2, 0.25) is 0 Å². The molecular formula is C27H31FN4O2S. The Balaban J connectivity index is 1.67. The molecule has 6 nitrogen and oxygen atoms in total. The van der Waals surface area contributed by atoms with E-state index in [0.717, 1.165) is 41.8 Å². The van der Waals surface area contributed by atoms with Gasteiger partial charge in [-0.05, 0) is 49.1 Å². The van der Waals surface area contributed by atoms with Gasteiger partial charge < -0.3 is 10.6 Å². The first kappa shape index (κ1) is 25.0. The van der Waals surface area contributed by atoms with Crippen LogP contribution in [0.1, 0.15) is 54.3 Å².